The third-order valence-electron chi connectivity index (χ3n) is 2.27. The van der Waals surface area contributed by atoms with Gasteiger partial charge < -0.3 is 14.6 Å². The van der Waals surface area contributed by atoms with Crippen molar-refractivity contribution in [1.82, 2.24) is 0 Å². The molecule has 18 heavy (non-hydrogen) atoms. The molecule has 1 rings (SSSR count). The molecule has 0 saturated carbocycles. The van der Waals surface area contributed by atoms with Gasteiger partial charge >= 0.3 is 0 Å². The molecule has 0 fully saturated rings. The van der Waals surface area contributed by atoms with Crippen LogP contribution in [0, 0.1) is 0 Å². The van der Waals surface area contributed by atoms with Crippen LogP contribution in [0.5, 0.6) is 0 Å². The summed E-state index contributed by atoms with van der Waals surface area (Å²) in [4.78, 5) is 1.07. The van der Waals surface area contributed by atoms with Crippen LogP contribution in [-0.4, -0.2) is 43.9 Å². The number of ether oxygens (including phenoxy) is 2. The average Bonchev–Trinajstić information content (AvgIpc) is 2.36. The lowest BCUT2D eigenvalue weighted by atomic mass is 10.3. The Morgan fingerprint density at radius 2 is 2.17 bits per heavy atom. The van der Waals surface area contributed by atoms with Crippen LogP contribution in [0.4, 0.5) is 0 Å². The van der Waals surface area contributed by atoms with Crippen molar-refractivity contribution in [2.45, 2.75) is 17.4 Å². The van der Waals surface area contributed by atoms with Crippen LogP contribution in [-0.2, 0) is 9.47 Å². The third kappa shape index (κ3) is 7.24. The molecule has 0 radical (unpaired) electrons. The Bertz CT molecular complexity index is 336. The molecule has 0 aliphatic heterocycles. The number of hydrogen-bond donors (Lipinski definition) is 1. The van der Waals surface area contributed by atoms with Crippen molar-refractivity contribution in [2.75, 3.05) is 32.7 Å². The molecule has 1 N–H and O–H groups in total. The molecule has 0 aliphatic carbocycles. The number of aliphatic hydroxyl groups excluding tert-OH is 1. The molecule has 1 aromatic rings. The van der Waals surface area contributed by atoms with Gasteiger partial charge in [0.2, 0.25) is 0 Å². The number of thioether (sulfide) groups is 1. The van der Waals surface area contributed by atoms with Crippen LogP contribution in [0.15, 0.2) is 29.2 Å². The summed E-state index contributed by atoms with van der Waals surface area (Å²) in [5.74, 6) is 0.647. The maximum Gasteiger partial charge on any atom is 0.0700 e. The van der Waals surface area contributed by atoms with Gasteiger partial charge in [0, 0.05) is 29.4 Å². The van der Waals surface area contributed by atoms with Crippen molar-refractivity contribution in [3.05, 3.63) is 29.3 Å². The normalized spacial score (nSPS) is 12.6. The van der Waals surface area contributed by atoms with E-state index in [-0.39, 0.29) is 6.10 Å². The zero-order valence-corrected chi connectivity index (χ0v) is 12.0. The molecule has 5 heteroatoms. The van der Waals surface area contributed by atoms with Gasteiger partial charge in [0.05, 0.1) is 19.3 Å². The zero-order chi connectivity index (χ0) is 13.2. The maximum absolute atomic E-state index is 9.77. The molecule has 0 saturated heterocycles. The van der Waals surface area contributed by atoms with Crippen LogP contribution in [0.3, 0.4) is 0 Å². The molecule has 1 unspecified atom stereocenters. The molecule has 102 valence electrons. The highest BCUT2D eigenvalue weighted by Gasteiger charge is 2.05. The van der Waals surface area contributed by atoms with Crippen molar-refractivity contribution in [2.24, 2.45) is 0 Å². The Morgan fingerprint density at radius 1 is 1.33 bits per heavy atom. The number of benzene rings is 1. The van der Waals surface area contributed by atoms with Crippen molar-refractivity contribution in [1.29, 1.82) is 0 Å². The Balaban J connectivity index is 2.11. The fraction of sp³-hybridized carbons (Fsp3) is 0.538. The minimum Gasteiger partial charge on any atom is -0.392 e. The van der Waals surface area contributed by atoms with Gasteiger partial charge in [-0.05, 0) is 24.6 Å². The number of rotatable bonds is 9. The minimum absolute atomic E-state index is 0.364. The van der Waals surface area contributed by atoms with E-state index in [0.717, 1.165) is 9.92 Å². The van der Waals surface area contributed by atoms with E-state index < -0.39 is 0 Å². The molecule has 0 amide bonds. The van der Waals surface area contributed by atoms with Crippen molar-refractivity contribution in [3.8, 4) is 0 Å². The zero-order valence-electron chi connectivity index (χ0n) is 10.5. The van der Waals surface area contributed by atoms with Gasteiger partial charge in [0.15, 0.2) is 0 Å². The van der Waals surface area contributed by atoms with E-state index >= 15 is 0 Å². The number of hydrogen-bond acceptors (Lipinski definition) is 4. The lowest BCUT2D eigenvalue weighted by Gasteiger charge is -2.10. The topological polar surface area (TPSA) is 38.7 Å². The van der Waals surface area contributed by atoms with Gasteiger partial charge in [0.25, 0.3) is 0 Å². The Kier molecular flexibility index (Phi) is 8.46. The molecule has 0 spiro atoms. The smallest absolute Gasteiger partial charge is 0.0700 e. The Labute approximate surface area is 117 Å². The van der Waals surface area contributed by atoms with E-state index in [1.165, 1.54) is 0 Å². The second-order valence-corrected chi connectivity index (χ2v) is 5.35. The summed E-state index contributed by atoms with van der Waals surface area (Å²) in [5, 5.41) is 10.5. The van der Waals surface area contributed by atoms with E-state index in [1.807, 2.05) is 24.3 Å². The predicted molar refractivity (Wildman–Crippen MR) is 75.5 cm³/mol. The lowest BCUT2D eigenvalue weighted by Crippen LogP contribution is -2.14. The minimum atomic E-state index is -0.364. The predicted octanol–water partition coefficient (Wildman–Crippen LogP) is 2.85. The summed E-state index contributed by atoms with van der Waals surface area (Å²) in [6.07, 6.45) is 0.272. The van der Waals surface area contributed by atoms with Gasteiger partial charge in [-0.15, -0.1) is 11.8 Å². The summed E-state index contributed by atoms with van der Waals surface area (Å²) < 4.78 is 10.2. The van der Waals surface area contributed by atoms with Gasteiger partial charge in [-0.25, -0.2) is 0 Å². The fourth-order valence-corrected chi connectivity index (χ4v) is 2.49. The molecule has 0 aromatic heterocycles. The molecule has 0 heterocycles. The van der Waals surface area contributed by atoms with E-state index in [9.17, 15) is 5.11 Å². The van der Waals surface area contributed by atoms with E-state index in [2.05, 4.69) is 0 Å². The van der Waals surface area contributed by atoms with Gasteiger partial charge in [-0.3, -0.25) is 0 Å². The molecule has 1 aromatic carbocycles. The summed E-state index contributed by atoms with van der Waals surface area (Å²) in [7, 11) is 1.64. The van der Waals surface area contributed by atoms with Crippen LogP contribution >= 0.6 is 23.4 Å². The van der Waals surface area contributed by atoms with E-state index in [1.54, 1.807) is 18.9 Å². The molecular weight excluding hydrogens is 272 g/mol. The first-order valence-corrected chi connectivity index (χ1v) is 7.22. The van der Waals surface area contributed by atoms with Crippen LogP contribution in [0.1, 0.15) is 6.42 Å². The highest BCUT2D eigenvalue weighted by molar-refractivity contribution is 7.99. The molecule has 0 bridgehead atoms. The van der Waals surface area contributed by atoms with E-state index in [0.29, 0.717) is 32.0 Å². The molecule has 1 atom stereocenters. The van der Waals surface area contributed by atoms with Crippen LogP contribution < -0.4 is 0 Å². The second kappa shape index (κ2) is 9.64. The molecular formula is C13H19ClO3S. The average molecular weight is 291 g/mol. The standard InChI is InChI=1S/C13H19ClO3S/c1-16-7-8-17-6-5-12(15)10-18-13-4-2-3-11(14)9-13/h2-4,9,12,15H,5-8,10H2,1H3. The first-order valence-electron chi connectivity index (χ1n) is 5.85. The highest BCUT2D eigenvalue weighted by Crippen LogP contribution is 2.22. The largest absolute Gasteiger partial charge is 0.392 e. The summed E-state index contributed by atoms with van der Waals surface area (Å²) >= 11 is 7.48. The monoisotopic (exact) mass is 290 g/mol. The van der Waals surface area contributed by atoms with Crippen molar-refractivity contribution >= 4 is 23.4 Å². The van der Waals surface area contributed by atoms with Crippen molar-refractivity contribution < 1.29 is 14.6 Å². The first kappa shape index (κ1) is 15.8. The number of halogens is 1. The highest BCUT2D eigenvalue weighted by atomic mass is 35.5. The summed E-state index contributed by atoms with van der Waals surface area (Å²) in [5.41, 5.74) is 0. The molecule has 0 aliphatic rings. The number of methoxy groups -OCH3 is 1. The maximum atomic E-state index is 9.77. The van der Waals surface area contributed by atoms with Crippen molar-refractivity contribution in [3.63, 3.8) is 0 Å². The van der Waals surface area contributed by atoms with Crippen LogP contribution in [0.2, 0.25) is 5.02 Å². The SMILES string of the molecule is COCCOCCC(O)CSc1cccc(Cl)c1. The Morgan fingerprint density at radius 3 is 2.89 bits per heavy atom. The second-order valence-electron chi connectivity index (χ2n) is 3.82. The number of aliphatic hydroxyl groups is 1. The first-order chi connectivity index (χ1) is 8.72. The van der Waals surface area contributed by atoms with E-state index in [4.69, 9.17) is 21.1 Å². The lowest BCUT2D eigenvalue weighted by molar-refractivity contribution is 0.0521. The quantitative estimate of drug-likeness (QED) is 0.561. The summed E-state index contributed by atoms with van der Waals surface area (Å²) in [6, 6.07) is 7.63. The Hall–Kier alpha value is -0.260. The summed E-state index contributed by atoms with van der Waals surface area (Å²) in [6.45, 7) is 1.72. The molecule has 3 nitrogen and oxygen atoms in total. The van der Waals surface area contributed by atoms with Crippen LogP contribution in [0.25, 0.3) is 0 Å². The van der Waals surface area contributed by atoms with Gasteiger partial charge in [-0.1, -0.05) is 17.7 Å². The fourth-order valence-electron chi connectivity index (χ4n) is 1.30. The third-order valence-corrected chi connectivity index (χ3v) is 3.64. The van der Waals surface area contributed by atoms with Gasteiger partial charge in [-0.2, -0.15) is 0 Å². The van der Waals surface area contributed by atoms with Gasteiger partial charge in [0.1, 0.15) is 0 Å².